The van der Waals surface area contributed by atoms with Gasteiger partial charge < -0.3 is 10.1 Å². The zero-order valence-electron chi connectivity index (χ0n) is 19.7. The molecule has 36 heavy (non-hydrogen) atoms. The van der Waals surface area contributed by atoms with Crippen molar-refractivity contribution < 1.29 is 9.53 Å². The molecular formula is C29H24N4O2S. The molecule has 0 spiro atoms. The Labute approximate surface area is 214 Å². The van der Waals surface area contributed by atoms with Crippen LogP contribution < -0.4 is 10.1 Å². The smallest absolute Gasteiger partial charge is 0.234 e. The second-order valence-corrected chi connectivity index (χ2v) is 9.06. The predicted octanol–water partition coefficient (Wildman–Crippen LogP) is 6.77. The zero-order chi connectivity index (χ0) is 24.7. The molecule has 1 amide bonds. The Morgan fingerprint density at radius 3 is 2.14 bits per heavy atom. The first kappa shape index (κ1) is 23.4. The molecule has 1 heterocycles. The van der Waals surface area contributed by atoms with Crippen LogP contribution in [-0.4, -0.2) is 26.4 Å². The van der Waals surface area contributed by atoms with Gasteiger partial charge in [0.1, 0.15) is 11.5 Å². The van der Waals surface area contributed by atoms with Gasteiger partial charge in [-0.25, -0.2) is 0 Å². The quantitative estimate of drug-likeness (QED) is 0.242. The van der Waals surface area contributed by atoms with Gasteiger partial charge in [-0.15, -0.1) is 10.2 Å². The van der Waals surface area contributed by atoms with E-state index in [0.717, 1.165) is 22.8 Å². The normalized spacial score (nSPS) is 10.7. The van der Waals surface area contributed by atoms with Gasteiger partial charge in [-0.1, -0.05) is 78.0 Å². The number of aromatic nitrogens is 3. The molecule has 0 fully saturated rings. The van der Waals surface area contributed by atoms with E-state index < -0.39 is 0 Å². The number of benzene rings is 4. The third-order valence-electron chi connectivity index (χ3n) is 5.41. The number of hydrogen-bond acceptors (Lipinski definition) is 5. The van der Waals surface area contributed by atoms with Gasteiger partial charge >= 0.3 is 0 Å². The molecule has 0 aliphatic carbocycles. The summed E-state index contributed by atoms with van der Waals surface area (Å²) in [5.41, 5.74) is 3.78. The van der Waals surface area contributed by atoms with E-state index in [4.69, 9.17) is 4.74 Å². The Morgan fingerprint density at radius 1 is 0.806 bits per heavy atom. The van der Waals surface area contributed by atoms with Crippen molar-refractivity contribution >= 4 is 23.4 Å². The van der Waals surface area contributed by atoms with E-state index in [-0.39, 0.29) is 11.7 Å². The lowest BCUT2D eigenvalue weighted by atomic mass is 10.1. The van der Waals surface area contributed by atoms with Gasteiger partial charge in [-0.3, -0.25) is 9.36 Å². The fraction of sp³-hybridized carbons (Fsp3) is 0.0690. The topological polar surface area (TPSA) is 69.0 Å². The summed E-state index contributed by atoms with van der Waals surface area (Å²) in [6.07, 6.45) is 0. The number of hydrogen-bond donors (Lipinski definition) is 1. The number of amides is 1. The lowest BCUT2D eigenvalue weighted by Gasteiger charge is -2.11. The van der Waals surface area contributed by atoms with E-state index in [1.807, 2.05) is 102 Å². The van der Waals surface area contributed by atoms with Crippen molar-refractivity contribution in [1.29, 1.82) is 0 Å². The molecule has 0 unspecified atom stereocenters. The minimum absolute atomic E-state index is 0.128. The van der Waals surface area contributed by atoms with E-state index in [2.05, 4.69) is 34.6 Å². The van der Waals surface area contributed by atoms with Crippen molar-refractivity contribution in [3.63, 3.8) is 0 Å². The molecule has 0 bridgehead atoms. The third-order valence-corrected chi connectivity index (χ3v) is 6.34. The summed E-state index contributed by atoms with van der Waals surface area (Å²) in [7, 11) is 0. The molecule has 1 N–H and O–H groups in total. The Bertz CT molecular complexity index is 1430. The highest BCUT2D eigenvalue weighted by Gasteiger charge is 2.17. The maximum atomic E-state index is 12.7. The second kappa shape index (κ2) is 10.9. The lowest BCUT2D eigenvalue weighted by Crippen LogP contribution is -2.14. The van der Waals surface area contributed by atoms with Gasteiger partial charge in [0.15, 0.2) is 11.0 Å². The standard InChI is InChI=1S/C29H24N4O2S/c1-21-12-14-22(15-13-21)28-31-32-29(33(28)24-8-4-2-5-9-24)36-20-27(34)30-23-16-18-26(19-17-23)35-25-10-6-3-7-11-25/h2-19H,20H2,1H3,(H,30,34). The van der Waals surface area contributed by atoms with Gasteiger partial charge in [0.2, 0.25) is 5.91 Å². The van der Waals surface area contributed by atoms with E-state index in [0.29, 0.717) is 16.6 Å². The van der Waals surface area contributed by atoms with Crippen LogP contribution in [0.3, 0.4) is 0 Å². The Hall–Kier alpha value is -4.36. The van der Waals surface area contributed by atoms with Crippen molar-refractivity contribution in [2.24, 2.45) is 0 Å². The Balaban J connectivity index is 1.27. The SMILES string of the molecule is Cc1ccc(-c2nnc(SCC(=O)Nc3ccc(Oc4ccccc4)cc3)n2-c2ccccc2)cc1. The average Bonchev–Trinajstić information content (AvgIpc) is 3.34. The monoisotopic (exact) mass is 492 g/mol. The molecule has 1 aromatic heterocycles. The zero-order valence-corrected chi connectivity index (χ0v) is 20.5. The summed E-state index contributed by atoms with van der Waals surface area (Å²) in [5, 5.41) is 12.4. The van der Waals surface area contributed by atoms with Crippen molar-refractivity contribution in [3.8, 4) is 28.6 Å². The molecule has 6 nitrogen and oxygen atoms in total. The van der Waals surface area contributed by atoms with Crippen molar-refractivity contribution in [1.82, 2.24) is 14.8 Å². The molecule has 178 valence electrons. The molecule has 4 aromatic carbocycles. The predicted molar refractivity (Wildman–Crippen MR) is 144 cm³/mol. The fourth-order valence-corrected chi connectivity index (χ4v) is 4.37. The number of anilines is 1. The van der Waals surface area contributed by atoms with E-state index in [1.165, 1.54) is 17.3 Å². The molecule has 0 saturated heterocycles. The van der Waals surface area contributed by atoms with Crippen LogP contribution in [0, 0.1) is 6.92 Å². The lowest BCUT2D eigenvalue weighted by molar-refractivity contribution is -0.113. The molecule has 5 aromatic rings. The van der Waals surface area contributed by atoms with Crippen molar-refractivity contribution in [3.05, 3.63) is 115 Å². The van der Waals surface area contributed by atoms with Crippen molar-refractivity contribution in [2.45, 2.75) is 12.1 Å². The minimum atomic E-state index is -0.128. The number of carbonyl (C=O) groups is 1. The number of rotatable bonds is 8. The summed E-state index contributed by atoms with van der Waals surface area (Å²) >= 11 is 1.35. The van der Waals surface area contributed by atoms with Crippen LogP contribution in [0.2, 0.25) is 0 Å². The molecule has 0 atom stereocenters. The van der Waals surface area contributed by atoms with Crippen LogP contribution in [0.1, 0.15) is 5.56 Å². The first-order chi connectivity index (χ1) is 17.7. The van der Waals surface area contributed by atoms with Gasteiger partial charge in [-0.05, 0) is 55.5 Å². The molecule has 5 rings (SSSR count). The average molecular weight is 493 g/mol. The number of nitrogens with zero attached hydrogens (tertiary/aromatic N) is 3. The summed E-state index contributed by atoms with van der Waals surface area (Å²) in [6.45, 7) is 2.05. The minimum Gasteiger partial charge on any atom is -0.457 e. The van der Waals surface area contributed by atoms with Gasteiger partial charge in [0, 0.05) is 16.9 Å². The van der Waals surface area contributed by atoms with Gasteiger partial charge in [0.05, 0.1) is 5.75 Å². The van der Waals surface area contributed by atoms with E-state index in [9.17, 15) is 4.79 Å². The first-order valence-electron chi connectivity index (χ1n) is 11.5. The Morgan fingerprint density at radius 2 is 1.44 bits per heavy atom. The van der Waals surface area contributed by atoms with Crippen LogP contribution in [0.4, 0.5) is 5.69 Å². The van der Waals surface area contributed by atoms with Crippen LogP contribution in [0.5, 0.6) is 11.5 Å². The fourth-order valence-electron chi connectivity index (χ4n) is 3.62. The molecule has 0 aliphatic heterocycles. The van der Waals surface area contributed by atoms with E-state index in [1.54, 1.807) is 0 Å². The Kier molecular flexibility index (Phi) is 7.10. The van der Waals surface area contributed by atoms with Crippen LogP contribution in [-0.2, 0) is 4.79 Å². The van der Waals surface area contributed by atoms with Gasteiger partial charge in [-0.2, -0.15) is 0 Å². The largest absolute Gasteiger partial charge is 0.457 e. The van der Waals surface area contributed by atoms with Crippen LogP contribution >= 0.6 is 11.8 Å². The maximum absolute atomic E-state index is 12.7. The highest BCUT2D eigenvalue weighted by atomic mass is 32.2. The molecule has 0 aliphatic rings. The molecule has 7 heteroatoms. The van der Waals surface area contributed by atoms with Crippen molar-refractivity contribution in [2.75, 3.05) is 11.1 Å². The van der Waals surface area contributed by atoms with Crippen LogP contribution in [0.15, 0.2) is 114 Å². The number of thioether (sulfide) groups is 1. The maximum Gasteiger partial charge on any atom is 0.234 e. The van der Waals surface area contributed by atoms with Crippen LogP contribution in [0.25, 0.3) is 17.1 Å². The summed E-state index contributed by atoms with van der Waals surface area (Å²) in [5.74, 6) is 2.27. The molecule has 0 radical (unpaired) electrons. The number of ether oxygens (including phenoxy) is 1. The molecular weight excluding hydrogens is 468 g/mol. The highest BCUT2D eigenvalue weighted by Crippen LogP contribution is 2.28. The first-order valence-corrected chi connectivity index (χ1v) is 12.5. The third kappa shape index (κ3) is 5.64. The number of aryl methyl sites for hydroxylation is 1. The van der Waals surface area contributed by atoms with E-state index >= 15 is 0 Å². The highest BCUT2D eigenvalue weighted by molar-refractivity contribution is 7.99. The summed E-state index contributed by atoms with van der Waals surface area (Å²) in [4.78, 5) is 12.7. The number of para-hydroxylation sites is 2. The summed E-state index contributed by atoms with van der Waals surface area (Å²) < 4.78 is 7.79. The summed E-state index contributed by atoms with van der Waals surface area (Å²) in [6, 6.07) is 35.0. The second-order valence-electron chi connectivity index (χ2n) is 8.12. The number of carbonyl (C=O) groups excluding carboxylic acids is 1. The van der Waals surface area contributed by atoms with Gasteiger partial charge in [0.25, 0.3) is 0 Å². The molecule has 0 saturated carbocycles. The number of nitrogens with one attached hydrogen (secondary N) is 1.